The molecule has 3 atom stereocenters. The number of fused-ring (bicyclic) bond motifs is 1. The smallest absolute Gasteiger partial charge is 0.258 e. The van der Waals surface area contributed by atoms with Gasteiger partial charge in [-0.1, -0.05) is 76.2 Å². The molecule has 0 spiro atoms. The summed E-state index contributed by atoms with van der Waals surface area (Å²) in [6, 6.07) is 27.1. The Bertz CT molecular complexity index is 1030. The Hall–Kier alpha value is -3.07. The third-order valence-corrected chi connectivity index (χ3v) is 6.55. The summed E-state index contributed by atoms with van der Waals surface area (Å²) in [5.74, 6) is 0.798. The van der Waals surface area contributed by atoms with Crippen molar-refractivity contribution in [2.45, 2.75) is 52.1 Å². The molecule has 0 fully saturated rings. The Kier molecular flexibility index (Phi) is 6.13. The van der Waals surface area contributed by atoms with Gasteiger partial charge in [-0.25, -0.2) is 0 Å². The van der Waals surface area contributed by atoms with E-state index in [1.165, 1.54) is 11.1 Å². The second-order valence-corrected chi connectivity index (χ2v) is 8.83. The standard InChI is InChI=1S/C28H32N2O/c1-5-25-20(4)27(29-23-11-7-6-8-12-23)24-13-9-10-14-26(24)30(25)28(31)22-17-15-21(16-18-22)19(2)3/h6-20,25,27,29H,5H2,1-4H3/t20-,25+,27-/m0/s1. The minimum atomic E-state index is 0.0830. The molecular weight excluding hydrogens is 380 g/mol. The number of para-hydroxylation sites is 2. The van der Waals surface area contributed by atoms with Gasteiger partial charge in [0.2, 0.25) is 0 Å². The summed E-state index contributed by atoms with van der Waals surface area (Å²) in [5, 5.41) is 3.73. The van der Waals surface area contributed by atoms with Gasteiger partial charge in [0, 0.05) is 28.9 Å². The van der Waals surface area contributed by atoms with Gasteiger partial charge >= 0.3 is 0 Å². The number of carbonyl (C=O) groups is 1. The third kappa shape index (κ3) is 4.10. The van der Waals surface area contributed by atoms with Gasteiger partial charge in [-0.2, -0.15) is 0 Å². The van der Waals surface area contributed by atoms with Crippen LogP contribution in [0.15, 0.2) is 78.9 Å². The Morgan fingerprint density at radius 1 is 0.935 bits per heavy atom. The highest BCUT2D eigenvalue weighted by atomic mass is 16.2. The maximum absolute atomic E-state index is 13.7. The largest absolute Gasteiger partial charge is 0.378 e. The number of anilines is 2. The van der Waals surface area contributed by atoms with Crippen LogP contribution in [0, 0.1) is 5.92 Å². The quantitative estimate of drug-likeness (QED) is 0.487. The van der Waals surface area contributed by atoms with E-state index < -0.39 is 0 Å². The van der Waals surface area contributed by atoms with Crippen molar-refractivity contribution < 1.29 is 4.79 Å². The van der Waals surface area contributed by atoms with Gasteiger partial charge in [0.05, 0.1) is 6.04 Å². The fourth-order valence-corrected chi connectivity index (χ4v) is 4.78. The van der Waals surface area contributed by atoms with Crippen LogP contribution in [0.3, 0.4) is 0 Å². The molecular formula is C28H32N2O. The summed E-state index contributed by atoms with van der Waals surface area (Å²) >= 11 is 0. The molecule has 0 saturated heterocycles. The normalized spacial score (nSPS) is 20.4. The van der Waals surface area contributed by atoms with Crippen LogP contribution in [0.4, 0.5) is 11.4 Å². The van der Waals surface area contributed by atoms with Gasteiger partial charge in [-0.3, -0.25) is 4.79 Å². The zero-order valence-corrected chi connectivity index (χ0v) is 18.9. The molecule has 0 radical (unpaired) electrons. The van der Waals surface area contributed by atoms with Gasteiger partial charge in [0.25, 0.3) is 5.91 Å². The molecule has 0 saturated carbocycles. The summed E-state index contributed by atoms with van der Waals surface area (Å²) in [7, 11) is 0. The van der Waals surface area contributed by atoms with Crippen LogP contribution in [0.25, 0.3) is 0 Å². The first kappa shape index (κ1) is 21.2. The van der Waals surface area contributed by atoms with Gasteiger partial charge in [0.15, 0.2) is 0 Å². The zero-order valence-electron chi connectivity index (χ0n) is 18.9. The molecule has 3 nitrogen and oxygen atoms in total. The zero-order chi connectivity index (χ0) is 22.0. The molecule has 0 aromatic heterocycles. The van der Waals surface area contributed by atoms with Crippen molar-refractivity contribution in [1.82, 2.24) is 0 Å². The highest BCUT2D eigenvalue weighted by Crippen LogP contribution is 2.44. The molecule has 1 aliphatic rings. The fraction of sp³-hybridized carbons (Fsp3) is 0.321. The van der Waals surface area contributed by atoms with E-state index >= 15 is 0 Å². The number of hydrogen-bond acceptors (Lipinski definition) is 2. The summed E-state index contributed by atoms with van der Waals surface area (Å²) in [6.45, 7) is 8.78. The summed E-state index contributed by atoms with van der Waals surface area (Å²) in [4.78, 5) is 15.8. The molecule has 1 N–H and O–H groups in total. The SMILES string of the molecule is CC[C@@H]1[C@H](C)[C@H](Nc2ccccc2)c2ccccc2N1C(=O)c1ccc(C(C)C)cc1. The van der Waals surface area contributed by atoms with Crippen molar-refractivity contribution in [3.63, 3.8) is 0 Å². The maximum Gasteiger partial charge on any atom is 0.258 e. The summed E-state index contributed by atoms with van der Waals surface area (Å²) in [5.41, 5.74) is 5.30. The lowest BCUT2D eigenvalue weighted by Crippen LogP contribution is -2.50. The number of amides is 1. The molecule has 31 heavy (non-hydrogen) atoms. The highest BCUT2D eigenvalue weighted by molar-refractivity contribution is 6.07. The van der Waals surface area contributed by atoms with Crippen LogP contribution in [-0.4, -0.2) is 11.9 Å². The number of benzene rings is 3. The number of rotatable bonds is 5. The van der Waals surface area contributed by atoms with E-state index in [-0.39, 0.29) is 23.9 Å². The number of hydrogen-bond donors (Lipinski definition) is 1. The second kappa shape index (κ2) is 8.97. The Balaban J connectivity index is 1.73. The van der Waals surface area contributed by atoms with Crippen molar-refractivity contribution in [2.75, 3.05) is 10.2 Å². The molecule has 3 heteroatoms. The minimum Gasteiger partial charge on any atom is -0.378 e. The molecule has 3 aromatic rings. The molecule has 1 amide bonds. The van der Waals surface area contributed by atoms with E-state index in [2.05, 4.69) is 87.6 Å². The van der Waals surface area contributed by atoms with E-state index in [0.29, 0.717) is 5.92 Å². The summed E-state index contributed by atoms with van der Waals surface area (Å²) < 4.78 is 0. The lowest BCUT2D eigenvalue weighted by Gasteiger charge is -2.45. The lowest BCUT2D eigenvalue weighted by molar-refractivity contribution is 0.0960. The molecule has 0 aliphatic carbocycles. The maximum atomic E-state index is 13.7. The molecule has 160 valence electrons. The molecule has 1 aliphatic heterocycles. The Labute approximate surface area is 186 Å². The number of nitrogens with one attached hydrogen (secondary N) is 1. The van der Waals surface area contributed by atoms with E-state index in [0.717, 1.165) is 23.4 Å². The van der Waals surface area contributed by atoms with Gasteiger partial charge in [0.1, 0.15) is 0 Å². The third-order valence-electron chi connectivity index (χ3n) is 6.55. The molecule has 3 aromatic carbocycles. The average Bonchev–Trinajstić information content (AvgIpc) is 2.80. The van der Waals surface area contributed by atoms with E-state index in [9.17, 15) is 4.79 Å². The van der Waals surface area contributed by atoms with Crippen LogP contribution in [-0.2, 0) is 0 Å². The topological polar surface area (TPSA) is 32.3 Å². The Morgan fingerprint density at radius 2 is 1.58 bits per heavy atom. The van der Waals surface area contributed by atoms with E-state index in [4.69, 9.17) is 0 Å². The molecule has 0 unspecified atom stereocenters. The monoisotopic (exact) mass is 412 g/mol. The average molecular weight is 413 g/mol. The van der Waals surface area contributed by atoms with Crippen molar-refractivity contribution in [2.24, 2.45) is 5.92 Å². The molecule has 4 rings (SSSR count). The predicted octanol–water partition coefficient (Wildman–Crippen LogP) is 7.04. The number of nitrogens with zero attached hydrogens (tertiary/aromatic N) is 1. The minimum absolute atomic E-state index is 0.0830. The first-order valence-corrected chi connectivity index (χ1v) is 11.3. The van der Waals surface area contributed by atoms with Crippen molar-refractivity contribution in [1.29, 1.82) is 0 Å². The van der Waals surface area contributed by atoms with Gasteiger partial charge in [-0.05, 0) is 53.8 Å². The predicted molar refractivity (Wildman–Crippen MR) is 130 cm³/mol. The van der Waals surface area contributed by atoms with E-state index in [1.807, 2.05) is 29.2 Å². The molecule has 1 heterocycles. The van der Waals surface area contributed by atoms with E-state index in [1.54, 1.807) is 0 Å². The van der Waals surface area contributed by atoms with Crippen molar-refractivity contribution in [3.8, 4) is 0 Å². The first-order chi connectivity index (χ1) is 15.0. The Morgan fingerprint density at radius 3 is 2.23 bits per heavy atom. The van der Waals surface area contributed by atoms with Crippen LogP contribution in [0.2, 0.25) is 0 Å². The van der Waals surface area contributed by atoms with Crippen LogP contribution >= 0.6 is 0 Å². The van der Waals surface area contributed by atoms with Crippen LogP contribution in [0.5, 0.6) is 0 Å². The second-order valence-electron chi connectivity index (χ2n) is 8.83. The van der Waals surface area contributed by atoms with Crippen molar-refractivity contribution >= 4 is 17.3 Å². The van der Waals surface area contributed by atoms with Crippen LogP contribution in [0.1, 0.15) is 67.6 Å². The number of carbonyl (C=O) groups excluding carboxylic acids is 1. The fourth-order valence-electron chi connectivity index (χ4n) is 4.78. The first-order valence-electron chi connectivity index (χ1n) is 11.3. The molecule has 0 bridgehead atoms. The lowest BCUT2D eigenvalue weighted by atomic mass is 9.80. The summed E-state index contributed by atoms with van der Waals surface area (Å²) in [6.07, 6.45) is 0.901. The van der Waals surface area contributed by atoms with Gasteiger partial charge < -0.3 is 10.2 Å². The van der Waals surface area contributed by atoms with Crippen molar-refractivity contribution in [3.05, 3.63) is 95.6 Å². The van der Waals surface area contributed by atoms with Gasteiger partial charge in [-0.15, -0.1) is 0 Å². The van der Waals surface area contributed by atoms with Crippen LogP contribution < -0.4 is 10.2 Å². The highest BCUT2D eigenvalue weighted by Gasteiger charge is 2.40.